The highest BCUT2D eigenvalue weighted by atomic mass is 16.2. The Morgan fingerprint density at radius 1 is 1.23 bits per heavy atom. The van der Waals surface area contributed by atoms with Crippen molar-refractivity contribution in [2.45, 2.75) is 13.6 Å². The van der Waals surface area contributed by atoms with E-state index in [0.717, 1.165) is 0 Å². The maximum atomic E-state index is 10.9. The van der Waals surface area contributed by atoms with Gasteiger partial charge >= 0.3 is 14.1 Å². The van der Waals surface area contributed by atoms with Crippen LogP contribution in [0.2, 0.25) is 13.6 Å². The van der Waals surface area contributed by atoms with Crippen LogP contribution in [0.3, 0.4) is 0 Å². The largest absolute Gasteiger partial charge is 0.437 e. The molecule has 0 aromatic rings. The van der Waals surface area contributed by atoms with Gasteiger partial charge in [-0.1, -0.05) is 0 Å². The number of amides is 1. The summed E-state index contributed by atoms with van der Waals surface area (Å²) in [6.07, 6.45) is 0. The van der Waals surface area contributed by atoms with Crippen LogP contribution >= 0.6 is 0 Å². The van der Waals surface area contributed by atoms with Crippen molar-refractivity contribution in [2.24, 2.45) is 0 Å². The minimum atomic E-state index is -0.699. The molecule has 0 aromatic carbocycles. The Labute approximate surface area is 78.4 Å². The first-order valence-corrected chi connectivity index (χ1v) is 4.12. The second-order valence-corrected chi connectivity index (χ2v) is 2.71. The van der Waals surface area contributed by atoms with Crippen LogP contribution in [0.25, 0.3) is 0 Å². The third kappa shape index (κ3) is 9.35. The SMILES string of the molecule is CB(O)NCNC(=O)CNB(C)O. The van der Waals surface area contributed by atoms with E-state index in [1.807, 2.05) is 0 Å². The molecule has 0 radical (unpaired) electrons. The first-order valence-electron chi connectivity index (χ1n) is 4.12. The molecule has 0 unspecified atom stereocenters. The van der Waals surface area contributed by atoms with Crippen LogP contribution < -0.4 is 15.8 Å². The second kappa shape index (κ2) is 6.90. The molecule has 0 atom stereocenters. The number of nitrogens with one attached hydrogen (secondary N) is 3. The summed E-state index contributed by atoms with van der Waals surface area (Å²) in [7, 11) is -1.35. The van der Waals surface area contributed by atoms with E-state index < -0.39 is 14.1 Å². The molecule has 0 aromatic heterocycles. The molecule has 6 nitrogen and oxygen atoms in total. The predicted molar refractivity (Wildman–Crippen MR) is 51.8 cm³/mol. The first kappa shape index (κ1) is 12.4. The Balaban J connectivity index is 3.30. The maximum absolute atomic E-state index is 10.9. The Kier molecular flexibility index (Phi) is 6.61. The van der Waals surface area contributed by atoms with Gasteiger partial charge in [-0.15, -0.1) is 0 Å². The Morgan fingerprint density at radius 3 is 2.23 bits per heavy atom. The van der Waals surface area contributed by atoms with Crippen molar-refractivity contribution in [2.75, 3.05) is 13.2 Å². The van der Waals surface area contributed by atoms with Crippen LogP contribution in [0.4, 0.5) is 0 Å². The zero-order valence-corrected chi connectivity index (χ0v) is 7.87. The van der Waals surface area contributed by atoms with Crippen molar-refractivity contribution in [3.05, 3.63) is 0 Å². The van der Waals surface area contributed by atoms with E-state index in [-0.39, 0.29) is 19.1 Å². The summed E-state index contributed by atoms with van der Waals surface area (Å²) in [6.45, 7) is 3.35. The van der Waals surface area contributed by atoms with Gasteiger partial charge in [0.05, 0.1) is 13.2 Å². The first-order chi connectivity index (χ1) is 6.02. The van der Waals surface area contributed by atoms with Gasteiger partial charge in [-0.2, -0.15) is 0 Å². The quantitative estimate of drug-likeness (QED) is 0.233. The molecule has 74 valence electrons. The van der Waals surface area contributed by atoms with Crippen molar-refractivity contribution >= 4 is 20.0 Å². The lowest BCUT2D eigenvalue weighted by Crippen LogP contribution is -2.45. The molecule has 13 heavy (non-hydrogen) atoms. The van der Waals surface area contributed by atoms with Crippen LogP contribution in [0.15, 0.2) is 0 Å². The molecule has 0 fully saturated rings. The minimum absolute atomic E-state index is 0.0547. The molecule has 0 aliphatic rings. The zero-order chi connectivity index (χ0) is 10.3. The average molecular weight is 187 g/mol. The topological polar surface area (TPSA) is 93.6 Å². The van der Waals surface area contributed by atoms with E-state index in [1.165, 1.54) is 6.82 Å². The van der Waals surface area contributed by atoms with Crippen molar-refractivity contribution in [1.29, 1.82) is 0 Å². The van der Waals surface area contributed by atoms with E-state index in [9.17, 15) is 4.79 Å². The molecule has 0 heterocycles. The lowest BCUT2D eigenvalue weighted by molar-refractivity contribution is -0.120. The van der Waals surface area contributed by atoms with Crippen LogP contribution in [0, 0.1) is 0 Å². The molecule has 0 spiro atoms. The number of hydrogen-bond acceptors (Lipinski definition) is 5. The summed E-state index contributed by atoms with van der Waals surface area (Å²) < 4.78 is 0. The van der Waals surface area contributed by atoms with Gasteiger partial charge in [0.2, 0.25) is 5.91 Å². The fraction of sp³-hybridized carbons (Fsp3) is 0.800. The molecule has 0 bridgehead atoms. The van der Waals surface area contributed by atoms with Gasteiger partial charge in [-0.05, 0) is 13.6 Å². The van der Waals surface area contributed by atoms with Gasteiger partial charge in [0, 0.05) is 0 Å². The van der Waals surface area contributed by atoms with Gasteiger partial charge in [0.1, 0.15) is 0 Å². The maximum Gasteiger partial charge on any atom is 0.375 e. The van der Waals surface area contributed by atoms with E-state index in [1.54, 1.807) is 6.82 Å². The number of carbonyl (C=O) groups is 1. The molecule has 1 amide bonds. The molecule has 8 heteroatoms. The summed E-state index contributed by atoms with van der Waals surface area (Å²) in [5.74, 6) is -0.242. The molecule has 5 N–H and O–H groups in total. The molecule has 0 aliphatic carbocycles. The number of hydrogen-bond donors (Lipinski definition) is 5. The Hall–Kier alpha value is -0.560. The fourth-order valence-corrected chi connectivity index (χ4v) is 0.600. The van der Waals surface area contributed by atoms with Gasteiger partial charge in [0.25, 0.3) is 0 Å². The van der Waals surface area contributed by atoms with Crippen molar-refractivity contribution in [3.8, 4) is 0 Å². The summed E-state index contributed by atoms with van der Waals surface area (Å²) in [6, 6.07) is 0. The smallest absolute Gasteiger partial charge is 0.375 e. The fourth-order valence-electron chi connectivity index (χ4n) is 0.600. The summed E-state index contributed by atoms with van der Waals surface area (Å²) >= 11 is 0. The summed E-state index contributed by atoms with van der Waals surface area (Å²) in [4.78, 5) is 10.9. The third-order valence-electron chi connectivity index (χ3n) is 1.24. The molecule has 0 saturated carbocycles. The Bertz CT molecular complexity index is 156. The molecular weight excluding hydrogens is 172 g/mol. The van der Waals surface area contributed by atoms with E-state index in [4.69, 9.17) is 10.0 Å². The summed E-state index contributed by atoms with van der Waals surface area (Å²) in [5, 5.41) is 25.2. The van der Waals surface area contributed by atoms with Gasteiger partial charge in [-0.25, -0.2) is 0 Å². The highest BCUT2D eigenvalue weighted by Crippen LogP contribution is 1.68. The van der Waals surface area contributed by atoms with Crippen molar-refractivity contribution in [3.63, 3.8) is 0 Å². The average Bonchev–Trinajstić information content (AvgIpc) is 2.00. The highest BCUT2D eigenvalue weighted by molar-refractivity contribution is 6.46. The lowest BCUT2D eigenvalue weighted by atomic mass is 9.89. The molecule has 0 aliphatic heterocycles. The van der Waals surface area contributed by atoms with Gasteiger partial charge < -0.3 is 25.8 Å². The van der Waals surface area contributed by atoms with E-state index in [0.29, 0.717) is 0 Å². The monoisotopic (exact) mass is 187 g/mol. The standard InChI is InChI=1S/C5H15B2N3O3/c1-6(12)9-3-5(11)8-4-10-7(2)13/h9-10,12-13H,3-4H2,1-2H3,(H,8,11). The van der Waals surface area contributed by atoms with Crippen LogP contribution in [-0.4, -0.2) is 43.3 Å². The number of rotatable bonds is 6. The van der Waals surface area contributed by atoms with E-state index >= 15 is 0 Å². The van der Waals surface area contributed by atoms with E-state index in [2.05, 4.69) is 15.8 Å². The molecule has 0 saturated heterocycles. The molecular formula is C5H15B2N3O3. The minimum Gasteiger partial charge on any atom is -0.437 e. The van der Waals surface area contributed by atoms with Crippen LogP contribution in [0.5, 0.6) is 0 Å². The predicted octanol–water partition coefficient (Wildman–Crippen LogP) is -2.54. The third-order valence-corrected chi connectivity index (χ3v) is 1.24. The van der Waals surface area contributed by atoms with Gasteiger partial charge in [-0.3, -0.25) is 4.79 Å². The normalized spacial score (nSPS) is 9.54. The second-order valence-electron chi connectivity index (χ2n) is 2.71. The highest BCUT2D eigenvalue weighted by Gasteiger charge is 2.06. The van der Waals surface area contributed by atoms with Crippen LogP contribution in [-0.2, 0) is 4.79 Å². The van der Waals surface area contributed by atoms with Crippen LogP contribution in [0.1, 0.15) is 0 Å². The lowest BCUT2D eigenvalue weighted by Gasteiger charge is -2.07. The molecule has 0 rings (SSSR count). The van der Waals surface area contributed by atoms with Crippen molar-refractivity contribution < 1.29 is 14.8 Å². The van der Waals surface area contributed by atoms with Crippen molar-refractivity contribution in [1.82, 2.24) is 15.8 Å². The Morgan fingerprint density at radius 2 is 1.77 bits per heavy atom. The number of carbonyl (C=O) groups excluding carboxylic acids is 1. The van der Waals surface area contributed by atoms with Gasteiger partial charge in [0.15, 0.2) is 0 Å². The summed E-state index contributed by atoms with van der Waals surface area (Å²) in [5.41, 5.74) is 0. The zero-order valence-electron chi connectivity index (χ0n) is 7.87.